The van der Waals surface area contributed by atoms with Gasteiger partial charge in [-0.3, -0.25) is 4.79 Å². The maximum Gasteiger partial charge on any atom is 0.259 e. The zero-order chi connectivity index (χ0) is 22.6. The van der Waals surface area contributed by atoms with Gasteiger partial charge in [0.2, 0.25) is 10.0 Å². The van der Waals surface area contributed by atoms with Crippen molar-refractivity contribution in [3.05, 3.63) is 48.0 Å². The summed E-state index contributed by atoms with van der Waals surface area (Å²) in [6.07, 6.45) is 6.44. The number of anilines is 2. The lowest BCUT2D eigenvalue weighted by Gasteiger charge is -2.28. The van der Waals surface area contributed by atoms with Crippen LogP contribution in [0.3, 0.4) is 0 Å². The van der Waals surface area contributed by atoms with Crippen molar-refractivity contribution >= 4 is 27.3 Å². The van der Waals surface area contributed by atoms with Gasteiger partial charge in [0, 0.05) is 37.6 Å². The first-order chi connectivity index (χ1) is 15.5. The lowest BCUT2D eigenvalue weighted by Crippen LogP contribution is -2.35. The number of amides is 1. The lowest BCUT2D eigenvalue weighted by molar-refractivity contribution is 0.102. The molecule has 172 valence electrons. The molecule has 2 heterocycles. The van der Waals surface area contributed by atoms with E-state index in [0.717, 1.165) is 38.0 Å². The molecule has 7 nitrogen and oxygen atoms in total. The molecule has 2 aromatic carbocycles. The number of hydrogen-bond donors (Lipinski definition) is 1. The molecule has 0 aromatic heterocycles. The number of sulfonamides is 1. The van der Waals surface area contributed by atoms with Crippen molar-refractivity contribution in [2.45, 2.75) is 43.4 Å². The summed E-state index contributed by atoms with van der Waals surface area (Å²) in [4.78, 5) is 15.5. The average molecular weight is 458 g/mol. The minimum Gasteiger partial charge on any atom is -0.496 e. The molecule has 32 heavy (non-hydrogen) atoms. The summed E-state index contributed by atoms with van der Waals surface area (Å²) in [5.41, 5.74) is 2.00. The van der Waals surface area contributed by atoms with Crippen molar-refractivity contribution in [2.24, 2.45) is 0 Å². The molecule has 1 N–H and O–H groups in total. The minimum absolute atomic E-state index is 0.116. The molecule has 4 rings (SSSR count). The number of carbonyl (C=O) groups excluding carboxylic acids is 1. The highest BCUT2D eigenvalue weighted by Crippen LogP contribution is 2.28. The topological polar surface area (TPSA) is 79.0 Å². The van der Waals surface area contributed by atoms with Crippen LogP contribution in [0.25, 0.3) is 0 Å². The summed E-state index contributed by atoms with van der Waals surface area (Å²) >= 11 is 0. The van der Waals surface area contributed by atoms with Crippen molar-refractivity contribution in [1.82, 2.24) is 4.31 Å². The number of nitrogens with zero attached hydrogens (tertiary/aromatic N) is 2. The van der Waals surface area contributed by atoms with Crippen LogP contribution in [0.5, 0.6) is 5.75 Å². The Kier molecular flexibility index (Phi) is 7.01. The molecule has 1 amide bonds. The summed E-state index contributed by atoms with van der Waals surface area (Å²) < 4.78 is 33.0. The van der Waals surface area contributed by atoms with Gasteiger partial charge in [-0.25, -0.2) is 8.42 Å². The van der Waals surface area contributed by atoms with Crippen LogP contribution < -0.4 is 15.0 Å². The molecule has 0 bridgehead atoms. The van der Waals surface area contributed by atoms with Gasteiger partial charge in [-0.1, -0.05) is 6.42 Å². The molecule has 2 aliphatic heterocycles. The second kappa shape index (κ2) is 9.92. The Bertz CT molecular complexity index is 1040. The highest BCUT2D eigenvalue weighted by Gasteiger charge is 2.27. The van der Waals surface area contributed by atoms with Crippen LogP contribution in [0.2, 0.25) is 0 Å². The van der Waals surface area contributed by atoms with Gasteiger partial charge in [0.25, 0.3) is 5.91 Å². The molecular weight excluding hydrogens is 426 g/mol. The van der Waals surface area contributed by atoms with E-state index in [1.54, 1.807) is 6.07 Å². The molecule has 2 saturated heterocycles. The highest BCUT2D eigenvalue weighted by atomic mass is 32.2. The quantitative estimate of drug-likeness (QED) is 0.706. The number of hydrogen-bond acceptors (Lipinski definition) is 5. The number of methoxy groups -OCH3 is 1. The second-order valence-electron chi connectivity index (χ2n) is 8.38. The summed E-state index contributed by atoms with van der Waals surface area (Å²) in [5.74, 6) is -0.0618. The van der Waals surface area contributed by atoms with Gasteiger partial charge in [0.05, 0.1) is 17.6 Å². The Hall–Kier alpha value is -2.58. The molecule has 0 atom stereocenters. The first-order valence-electron chi connectivity index (χ1n) is 11.3. The summed E-state index contributed by atoms with van der Waals surface area (Å²) in [7, 11) is -2.17. The van der Waals surface area contributed by atoms with Crippen LogP contribution in [-0.4, -0.2) is 51.9 Å². The van der Waals surface area contributed by atoms with Gasteiger partial charge >= 0.3 is 0 Å². The van der Waals surface area contributed by atoms with Crippen molar-refractivity contribution in [3.8, 4) is 5.75 Å². The smallest absolute Gasteiger partial charge is 0.259 e. The third-order valence-corrected chi connectivity index (χ3v) is 8.11. The number of benzene rings is 2. The van der Waals surface area contributed by atoms with Gasteiger partial charge in [-0.05, 0) is 74.6 Å². The highest BCUT2D eigenvalue weighted by molar-refractivity contribution is 7.89. The Morgan fingerprint density at radius 2 is 1.50 bits per heavy atom. The molecule has 0 radical (unpaired) electrons. The molecule has 0 saturated carbocycles. The Morgan fingerprint density at radius 1 is 0.875 bits per heavy atom. The molecule has 0 spiro atoms. The first-order valence-corrected chi connectivity index (χ1v) is 12.8. The van der Waals surface area contributed by atoms with E-state index in [-0.39, 0.29) is 10.5 Å². The van der Waals surface area contributed by atoms with Crippen LogP contribution in [-0.2, 0) is 10.0 Å². The fourth-order valence-corrected chi connectivity index (χ4v) is 5.93. The van der Waals surface area contributed by atoms with E-state index in [0.29, 0.717) is 24.5 Å². The van der Waals surface area contributed by atoms with Crippen LogP contribution >= 0.6 is 0 Å². The van der Waals surface area contributed by atoms with E-state index < -0.39 is 15.9 Å². The van der Waals surface area contributed by atoms with E-state index in [4.69, 9.17) is 4.74 Å². The van der Waals surface area contributed by atoms with E-state index in [1.807, 2.05) is 24.3 Å². The van der Waals surface area contributed by atoms with Crippen LogP contribution in [0.15, 0.2) is 47.4 Å². The zero-order valence-electron chi connectivity index (χ0n) is 18.5. The van der Waals surface area contributed by atoms with Gasteiger partial charge in [0.1, 0.15) is 5.75 Å². The largest absolute Gasteiger partial charge is 0.496 e. The Labute approximate surface area is 190 Å². The normalized spacial score (nSPS) is 17.7. The predicted molar refractivity (Wildman–Crippen MR) is 126 cm³/mol. The number of nitrogens with one attached hydrogen (secondary N) is 1. The van der Waals surface area contributed by atoms with Crippen molar-refractivity contribution in [2.75, 3.05) is 43.5 Å². The Morgan fingerprint density at radius 3 is 2.12 bits per heavy atom. The summed E-state index contributed by atoms with van der Waals surface area (Å²) in [5, 5.41) is 2.88. The SMILES string of the molecule is COc1ccc(S(=O)(=O)N2CCCCC2)cc1C(=O)Nc1ccc(N2CCCCC2)cc1. The monoisotopic (exact) mass is 457 g/mol. The lowest BCUT2D eigenvalue weighted by atomic mass is 10.1. The third-order valence-electron chi connectivity index (χ3n) is 6.21. The van der Waals surface area contributed by atoms with Crippen molar-refractivity contribution in [3.63, 3.8) is 0 Å². The van der Waals surface area contributed by atoms with E-state index in [2.05, 4.69) is 10.2 Å². The predicted octanol–water partition coefficient (Wildman–Crippen LogP) is 4.11. The van der Waals surface area contributed by atoms with Crippen molar-refractivity contribution in [1.29, 1.82) is 0 Å². The first kappa shape index (κ1) is 22.6. The number of ether oxygens (including phenoxy) is 1. The van der Waals surface area contributed by atoms with E-state index in [1.165, 1.54) is 42.8 Å². The fourth-order valence-electron chi connectivity index (χ4n) is 4.39. The van der Waals surface area contributed by atoms with Crippen LogP contribution in [0.4, 0.5) is 11.4 Å². The number of piperidine rings is 2. The van der Waals surface area contributed by atoms with Gasteiger partial charge in [0.15, 0.2) is 0 Å². The van der Waals surface area contributed by atoms with Crippen LogP contribution in [0.1, 0.15) is 48.9 Å². The van der Waals surface area contributed by atoms with Crippen LogP contribution in [0, 0.1) is 0 Å². The van der Waals surface area contributed by atoms with Gasteiger partial charge in [-0.15, -0.1) is 0 Å². The molecule has 0 aliphatic carbocycles. The summed E-state index contributed by atoms with van der Waals surface area (Å²) in [6, 6.07) is 12.2. The standard InChI is InChI=1S/C24H31N3O4S/c1-31-23-13-12-21(32(29,30)27-16-6-3-7-17-27)18-22(23)24(28)25-19-8-10-20(11-9-19)26-14-4-2-5-15-26/h8-13,18H,2-7,14-17H2,1H3,(H,25,28). The second-order valence-corrected chi connectivity index (χ2v) is 10.3. The molecule has 2 fully saturated rings. The third kappa shape index (κ3) is 4.91. The van der Waals surface area contributed by atoms with E-state index >= 15 is 0 Å². The van der Waals surface area contributed by atoms with Gasteiger partial charge in [-0.2, -0.15) is 4.31 Å². The summed E-state index contributed by atoms with van der Waals surface area (Å²) in [6.45, 7) is 3.14. The molecule has 2 aliphatic rings. The van der Waals surface area contributed by atoms with Crippen molar-refractivity contribution < 1.29 is 17.9 Å². The maximum atomic E-state index is 13.1. The fraction of sp³-hybridized carbons (Fsp3) is 0.458. The van der Waals surface area contributed by atoms with E-state index in [9.17, 15) is 13.2 Å². The van der Waals surface area contributed by atoms with Gasteiger partial charge < -0.3 is 15.0 Å². The molecule has 0 unspecified atom stereocenters. The average Bonchev–Trinajstić information content (AvgIpc) is 2.85. The molecule has 8 heteroatoms. The Balaban J connectivity index is 1.53. The number of rotatable bonds is 6. The maximum absolute atomic E-state index is 13.1. The molecular formula is C24H31N3O4S. The molecule has 2 aromatic rings. The zero-order valence-corrected chi connectivity index (χ0v) is 19.4. The minimum atomic E-state index is -3.64. The number of carbonyl (C=O) groups is 1.